The van der Waals surface area contributed by atoms with Gasteiger partial charge >= 0.3 is 0 Å². The molecule has 0 fully saturated rings. The van der Waals surface area contributed by atoms with Crippen LogP contribution in [0.3, 0.4) is 0 Å². The molecule has 0 aliphatic heterocycles. The molecule has 2 aromatic carbocycles. The molecule has 2 aromatic rings. The van der Waals surface area contributed by atoms with Gasteiger partial charge in [-0.15, -0.1) is 11.8 Å². The molecule has 7 heteroatoms. The molecule has 0 radical (unpaired) electrons. The smallest absolute Gasteiger partial charge is 0.242 e. The van der Waals surface area contributed by atoms with Gasteiger partial charge in [0.1, 0.15) is 6.04 Å². The lowest BCUT2D eigenvalue weighted by Gasteiger charge is -2.29. The van der Waals surface area contributed by atoms with Gasteiger partial charge in [0.25, 0.3) is 0 Å². The van der Waals surface area contributed by atoms with E-state index in [9.17, 15) is 9.59 Å². The van der Waals surface area contributed by atoms with Crippen LogP contribution in [0.1, 0.15) is 32.8 Å². The lowest BCUT2D eigenvalue weighted by molar-refractivity contribution is -0.140. The van der Waals surface area contributed by atoms with E-state index in [0.717, 1.165) is 10.5 Å². The summed E-state index contributed by atoms with van der Waals surface area (Å²) >= 11 is 13.8. The fourth-order valence-corrected chi connectivity index (χ4v) is 3.97. The fraction of sp³-hybridized carbons (Fsp3) is 0.391. The number of carbonyl (C=O) groups excluding carboxylic acids is 2. The second-order valence-electron chi connectivity index (χ2n) is 7.50. The van der Waals surface area contributed by atoms with Crippen LogP contribution in [0.25, 0.3) is 0 Å². The maximum atomic E-state index is 13.0. The minimum Gasteiger partial charge on any atom is -0.354 e. The van der Waals surface area contributed by atoms with E-state index < -0.39 is 6.04 Å². The van der Waals surface area contributed by atoms with Crippen molar-refractivity contribution in [2.75, 3.05) is 12.3 Å². The predicted octanol–water partition coefficient (Wildman–Crippen LogP) is 5.67. The Kier molecular flexibility index (Phi) is 10.0. The number of carbonyl (C=O) groups is 2. The molecular formula is C23H28Cl2N2O2S. The summed E-state index contributed by atoms with van der Waals surface area (Å²) in [7, 11) is 0. The Morgan fingerprint density at radius 2 is 1.73 bits per heavy atom. The van der Waals surface area contributed by atoms with Crippen LogP contribution >= 0.6 is 35.0 Å². The van der Waals surface area contributed by atoms with Crippen molar-refractivity contribution in [2.24, 2.45) is 5.92 Å². The van der Waals surface area contributed by atoms with Crippen LogP contribution < -0.4 is 5.32 Å². The van der Waals surface area contributed by atoms with Crippen molar-refractivity contribution in [1.82, 2.24) is 10.2 Å². The van der Waals surface area contributed by atoms with Gasteiger partial charge in [0.15, 0.2) is 0 Å². The molecule has 162 valence electrons. The largest absolute Gasteiger partial charge is 0.354 e. The first kappa shape index (κ1) is 24.6. The average Bonchev–Trinajstić information content (AvgIpc) is 2.72. The van der Waals surface area contributed by atoms with Crippen molar-refractivity contribution in [3.8, 4) is 0 Å². The predicted molar refractivity (Wildman–Crippen MR) is 126 cm³/mol. The van der Waals surface area contributed by atoms with Crippen LogP contribution in [0, 0.1) is 5.92 Å². The molecule has 0 unspecified atom stereocenters. The summed E-state index contributed by atoms with van der Waals surface area (Å²) in [5.41, 5.74) is 0.831. The molecule has 4 nitrogen and oxygen atoms in total. The highest BCUT2D eigenvalue weighted by molar-refractivity contribution is 7.99. The zero-order valence-corrected chi connectivity index (χ0v) is 19.9. The van der Waals surface area contributed by atoms with Gasteiger partial charge in [-0.3, -0.25) is 9.59 Å². The minimum atomic E-state index is -0.590. The second-order valence-corrected chi connectivity index (χ2v) is 9.48. The molecule has 2 amide bonds. The minimum absolute atomic E-state index is 0.0725. The van der Waals surface area contributed by atoms with Gasteiger partial charge in [0.2, 0.25) is 11.8 Å². The van der Waals surface area contributed by atoms with E-state index in [4.69, 9.17) is 23.2 Å². The summed E-state index contributed by atoms with van der Waals surface area (Å²) in [6, 6.07) is 14.6. The van der Waals surface area contributed by atoms with Crippen molar-refractivity contribution in [1.29, 1.82) is 0 Å². The van der Waals surface area contributed by atoms with E-state index in [1.165, 1.54) is 0 Å². The molecule has 0 heterocycles. The standard InChI is InChI=1S/C23H28Cl2N2O2S/c1-16(2)14-26-23(29)17(3)27(15-18-9-10-20(24)21(25)13-18)22(28)11-12-30-19-7-5-4-6-8-19/h4-10,13,16-17H,11-12,14-15H2,1-3H3,(H,26,29)/t17-/m0/s1. The normalized spacial score (nSPS) is 11.9. The molecule has 30 heavy (non-hydrogen) atoms. The number of amides is 2. The molecular weight excluding hydrogens is 439 g/mol. The Morgan fingerprint density at radius 1 is 1.03 bits per heavy atom. The number of nitrogens with one attached hydrogen (secondary N) is 1. The van der Waals surface area contributed by atoms with Crippen molar-refractivity contribution >= 4 is 46.8 Å². The number of halogens is 2. The van der Waals surface area contributed by atoms with Crippen LogP contribution in [-0.2, 0) is 16.1 Å². The lowest BCUT2D eigenvalue weighted by Crippen LogP contribution is -2.48. The number of benzene rings is 2. The number of thioether (sulfide) groups is 1. The monoisotopic (exact) mass is 466 g/mol. The first-order valence-corrected chi connectivity index (χ1v) is 11.7. The van der Waals surface area contributed by atoms with Crippen LogP contribution in [-0.4, -0.2) is 35.1 Å². The van der Waals surface area contributed by atoms with Gasteiger partial charge in [-0.2, -0.15) is 0 Å². The Morgan fingerprint density at radius 3 is 2.37 bits per heavy atom. The van der Waals surface area contributed by atoms with Crippen LogP contribution in [0.4, 0.5) is 0 Å². The summed E-state index contributed by atoms with van der Waals surface area (Å²) in [6.07, 6.45) is 0.336. The van der Waals surface area contributed by atoms with Crippen LogP contribution in [0.2, 0.25) is 10.0 Å². The Labute approximate surface area is 193 Å². The topological polar surface area (TPSA) is 49.4 Å². The summed E-state index contributed by atoms with van der Waals surface area (Å²) in [5.74, 6) is 0.744. The zero-order chi connectivity index (χ0) is 22.1. The summed E-state index contributed by atoms with van der Waals surface area (Å²) < 4.78 is 0. The Bertz CT molecular complexity index is 846. The van der Waals surface area contributed by atoms with E-state index in [-0.39, 0.29) is 11.8 Å². The number of rotatable bonds is 10. The average molecular weight is 467 g/mol. The van der Waals surface area contributed by atoms with E-state index in [1.54, 1.807) is 35.7 Å². The first-order chi connectivity index (χ1) is 14.3. The van der Waals surface area contributed by atoms with Gasteiger partial charge in [-0.1, -0.05) is 61.3 Å². The molecule has 0 saturated carbocycles. The van der Waals surface area contributed by atoms with Crippen molar-refractivity contribution in [3.05, 3.63) is 64.1 Å². The molecule has 0 spiro atoms. The van der Waals surface area contributed by atoms with E-state index >= 15 is 0 Å². The lowest BCUT2D eigenvalue weighted by atomic mass is 10.1. The first-order valence-electron chi connectivity index (χ1n) is 9.97. The van der Waals surface area contributed by atoms with Crippen LogP contribution in [0.5, 0.6) is 0 Å². The Hall–Kier alpha value is -1.69. The highest BCUT2D eigenvalue weighted by atomic mass is 35.5. The molecule has 0 aliphatic carbocycles. The second kappa shape index (κ2) is 12.2. The van der Waals surface area contributed by atoms with Crippen molar-refractivity contribution < 1.29 is 9.59 Å². The summed E-state index contributed by atoms with van der Waals surface area (Å²) in [4.78, 5) is 28.4. The molecule has 2 rings (SSSR count). The number of hydrogen-bond acceptors (Lipinski definition) is 3. The SMILES string of the molecule is CC(C)CNC(=O)[C@H](C)N(Cc1ccc(Cl)c(Cl)c1)C(=O)CCSc1ccccc1. The number of nitrogens with zero attached hydrogens (tertiary/aromatic N) is 1. The quantitative estimate of drug-likeness (QED) is 0.459. The van der Waals surface area contributed by atoms with E-state index in [1.807, 2.05) is 50.2 Å². The van der Waals surface area contributed by atoms with Crippen molar-refractivity contribution in [3.63, 3.8) is 0 Å². The Balaban J connectivity index is 2.08. The third-order valence-electron chi connectivity index (χ3n) is 4.52. The van der Waals surface area contributed by atoms with Gasteiger partial charge in [-0.25, -0.2) is 0 Å². The molecule has 0 saturated heterocycles. The highest BCUT2D eigenvalue weighted by Gasteiger charge is 2.26. The van der Waals surface area contributed by atoms with Gasteiger partial charge in [0, 0.05) is 30.2 Å². The third kappa shape index (κ3) is 7.86. The highest BCUT2D eigenvalue weighted by Crippen LogP contribution is 2.24. The van der Waals surface area contributed by atoms with E-state index in [0.29, 0.717) is 41.2 Å². The fourth-order valence-electron chi connectivity index (χ4n) is 2.79. The zero-order valence-electron chi connectivity index (χ0n) is 17.5. The molecule has 1 N–H and O–H groups in total. The van der Waals surface area contributed by atoms with Gasteiger partial charge < -0.3 is 10.2 Å². The molecule has 1 atom stereocenters. The third-order valence-corrected chi connectivity index (χ3v) is 6.27. The summed E-state index contributed by atoms with van der Waals surface area (Å²) in [5, 5.41) is 3.81. The maximum absolute atomic E-state index is 13.0. The van der Waals surface area contributed by atoms with Crippen molar-refractivity contribution in [2.45, 2.75) is 44.7 Å². The number of hydrogen-bond donors (Lipinski definition) is 1. The summed E-state index contributed by atoms with van der Waals surface area (Å²) in [6.45, 7) is 6.69. The van der Waals surface area contributed by atoms with Gasteiger partial charge in [-0.05, 0) is 42.7 Å². The van der Waals surface area contributed by atoms with Gasteiger partial charge in [0.05, 0.1) is 10.0 Å². The molecule has 0 bridgehead atoms. The molecule has 0 aromatic heterocycles. The van der Waals surface area contributed by atoms with Crippen LogP contribution in [0.15, 0.2) is 53.4 Å². The maximum Gasteiger partial charge on any atom is 0.242 e. The van der Waals surface area contributed by atoms with E-state index in [2.05, 4.69) is 5.32 Å². The molecule has 0 aliphatic rings.